The van der Waals surface area contributed by atoms with Crippen LogP contribution in [0.3, 0.4) is 0 Å². The highest BCUT2D eigenvalue weighted by molar-refractivity contribution is 7.09. The topological polar surface area (TPSA) is 144 Å². The van der Waals surface area contributed by atoms with Gasteiger partial charge in [0.15, 0.2) is 5.69 Å². The fourth-order valence-corrected chi connectivity index (χ4v) is 5.15. The lowest BCUT2D eigenvalue weighted by atomic mass is 9.98. The van der Waals surface area contributed by atoms with Crippen LogP contribution in [0.25, 0.3) is 10.9 Å². The molecule has 0 fully saturated rings. The molecule has 0 bridgehead atoms. The van der Waals surface area contributed by atoms with Crippen LogP contribution in [-0.4, -0.2) is 33.6 Å². The number of hydrogen-bond donors (Lipinski definition) is 3. The molecule has 2 heterocycles. The van der Waals surface area contributed by atoms with E-state index in [4.69, 9.17) is 11.5 Å². The Bertz CT molecular complexity index is 1520. The fraction of sp³-hybridized carbons (Fsp3) is 0.276. The number of carbonyl (C=O) groups excluding carboxylic acids is 3. The van der Waals surface area contributed by atoms with Gasteiger partial charge >= 0.3 is 0 Å². The van der Waals surface area contributed by atoms with Gasteiger partial charge in [-0.15, -0.1) is 0 Å². The van der Waals surface area contributed by atoms with Crippen molar-refractivity contribution in [1.82, 2.24) is 14.7 Å². The first kappa shape index (κ1) is 27.7. The quantitative estimate of drug-likeness (QED) is 0.268. The van der Waals surface area contributed by atoms with Crippen molar-refractivity contribution in [3.05, 3.63) is 82.5 Å². The lowest BCUT2D eigenvalue weighted by molar-refractivity contribution is -0.122. The number of hydrogen-bond acceptors (Lipinski definition) is 7. The van der Waals surface area contributed by atoms with Crippen LogP contribution >= 0.6 is 11.5 Å². The van der Waals surface area contributed by atoms with E-state index in [1.165, 1.54) is 4.90 Å². The predicted octanol–water partition coefficient (Wildman–Crippen LogP) is 4.49. The minimum Gasteiger partial charge on any atom is -0.395 e. The summed E-state index contributed by atoms with van der Waals surface area (Å²) in [6.07, 6.45) is 3.10. The van der Waals surface area contributed by atoms with E-state index in [-0.39, 0.29) is 22.2 Å². The van der Waals surface area contributed by atoms with E-state index in [1.54, 1.807) is 12.3 Å². The number of para-hydroxylation sites is 1. The number of carbonyl (C=O) groups is 3. The largest absolute Gasteiger partial charge is 0.395 e. The van der Waals surface area contributed by atoms with Gasteiger partial charge in [-0.1, -0.05) is 51.1 Å². The number of rotatable bonds is 10. The van der Waals surface area contributed by atoms with Crippen molar-refractivity contribution in [3.8, 4) is 0 Å². The summed E-state index contributed by atoms with van der Waals surface area (Å²) in [6.45, 7) is 6.59. The summed E-state index contributed by atoms with van der Waals surface area (Å²) in [6, 6.07) is 15.6. The molecular weight excluding hydrogens is 512 g/mol. The van der Waals surface area contributed by atoms with Gasteiger partial charge in [0, 0.05) is 23.8 Å². The molecule has 0 radical (unpaired) electrons. The zero-order valence-electron chi connectivity index (χ0n) is 22.2. The van der Waals surface area contributed by atoms with Crippen molar-refractivity contribution < 1.29 is 14.4 Å². The van der Waals surface area contributed by atoms with E-state index in [0.717, 1.165) is 34.4 Å². The summed E-state index contributed by atoms with van der Waals surface area (Å²) in [7, 11) is 0. The molecule has 0 unspecified atom stereocenters. The molecule has 0 aliphatic carbocycles. The molecule has 4 aromatic rings. The molecule has 39 heavy (non-hydrogen) atoms. The van der Waals surface area contributed by atoms with Gasteiger partial charge in [0.25, 0.3) is 11.8 Å². The first-order chi connectivity index (χ1) is 18.7. The van der Waals surface area contributed by atoms with Gasteiger partial charge in [-0.2, -0.15) is 4.37 Å². The number of aromatic nitrogens is 2. The van der Waals surface area contributed by atoms with Gasteiger partial charge in [-0.05, 0) is 65.7 Å². The molecule has 2 aromatic heterocycles. The number of aryl methyl sites for hydroxylation is 1. The van der Waals surface area contributed by atoms with E-state index in [2.05, 4.69) is 28.5 Å². The maximum Gasteiger partial charge on any atom is 0.273 e. The molecule has 0 saturated carbocycles. The number of benzene rings is 2. The van der Waals surface area contributed by atoms with E-state index in [0.29, 0.717) is 30.1 Å². The Hall–Kier alpha value is -4.31. The standard InChI is InChI=1S/C29H32N6O3S/c1-4-18-8-5-6-10-22(18)35(29(38)26-23(30)24(27(31)36)34-39-26)25(28(37)33-15-13-17(2)3)20-11-12-21-19(16-20)9-7-14-32-21/h5-12,14,16-17,25H,4,13,15,30H2,1-3H3,(H2,31,36)(H,33,37)/t25-/m0/s1. The number of nitrogens with one attached hydrogen (secondary N) is 1. The second kappa shape index (κ2) is 12.0. The van der Waals surface area contributed by atoms with Crippen molar-refractivity contribution in [1.29, 1.82) is 0 Å². The highest BCUT2D eigenvalue weighted by Gasteiger charge is 2.37. The number of amides is 3. The molecule has 0 aliphatic rings. The third kappa shape index (κ3) is 5.91. The van der Waals surface area contributed by atoms with Gasteiger partial charge < -0.3 is 16.8 Å². The van der Waals surface area contributed by atoms with Crippen LogP contribution < -0.4 is 21.7 Å². The Balaban J connectivity index is 1.92. The van der Waals surface area contributed by atoms with Crippen molar-refractivity contribution in [2.45, 2.75) is 39.7 Å². The smallest absolute Gasteiger partial charge is 0.273 e. The van der Waals surface area contributed by atoms with Crippen LogP contribution in [0.4, 0.5) is 11.4 Å². The number of primary amides is 1. The van der Waals surface area contributed by atoms with Gasteiger partial charge in [-0.25, -0.2) is 0 Å². The molecule has 5 N–H and O–H groups in total. The zero-order valence-corrected chi connectivity index (χ0v) is 23.0. The van der Waals surface area contributed by atoms with E-state index in [1.807, 2.05) is 55.5 Å². The third-order valence-corrected chi connectivity index (χ3v) is 7.33. The van der Waals surface area contributed by atoms with Gasteiger partial charge in [-0.3, -0.25) is 24.3 Å². The van der Waals surface area contributed by atoms with Crippen molar-refractivity contribution >= 4 is 51.5 Å². The summed E-state index contributed by atoms with van der Waals surface area (Å²) in [5, 5.41) is 3.86. The molecule has 2 aromatic carbocycles. The van der Waals surface area contributed by atoms with Crippen LogP contribution in [0.1, 0.15) is 64.5 Å². The molecule has 10 heteroatoms. The van der Waals surface area contributed by atoms with Crippen molar-refractivity contribution in [2.24, 2.45) is 11.7 Å². The lowest BCUT2D eigenvalue weighted by Crippen LogP contribution is -2.44. The second-order valence-corrected chi connectivity index (χ2v) is 10.4. The Morgan fingerprint density at radius 1 is 1.08 bits per heavy atom. The SMILES string of the molecule is CCc1ccccc1N(C(=O)c1snc(C(N)=O)c1N)[C@H](C(=O)NCCC(C)C)c1ccc2ncccc2c1. The summed E-state index contributed by atoms with van der Waals surface area (Å²) in [5.74, 6) is -1.32. The predicted molar refractivity (Wildman–Crippen MR) is 155 cm³/mol. The highest BCUT2D eigenvalue weighted by atomic mass is 32.1. The van der Waals surface area contributed by atoms with E-state index < -0.39 is 17.9 Å². The molecule has 9 nitrogen and oxygen atoms in total. The summed E-state index contributed by atoms with van der Waals surface area (Å²) < 4.78 is 4.03. The zero-order chi connectivity index (χ0) is 28.1. The summed E-state index contributed by atoms with van der Waals surface area (Å²) >= 11 is 0.789. The average Bonchev–Trinajstić information content (AvgIpc) is 3.32. The maximum atomic E-state index is 14.3. The van der Waals surface area contributed by atoms with Crippen LogP contribution in [0.5, 0.6) is 0 Å². The number of nitrogens with zero attached hydrogens (tertiary/aromatic N) is 3. The van der Waals surface area contributed by atoms with Crippen molar-refractivity contribution in [2.75, 3.05) is 17.2 Å². The molecule has 0 saturated heterocycles. The van der Waals surface area contributed by atoms with Crippen LogP contribution in [0, 0.1) is 5.92 Å². The minimum atomic E-state index is -1.04. The number of pyridine rings is 1. The number of nitrogen functional groups attached to an aromatic ring is 1. The number of nitrogens with two attached hydrogens (primary N) is 2. The molecule has 0 aliphatic heterocycles. The monoisotopic (exact) mass is 544 g/mol. The van der Waals surface area contributed by atoms with Crippen LogP contribution in [-0.2, 0) is 11.2 Å². The van der Waals surface area contributed by atoms with Gasteiger partial charge in [0.2, 0.25) is 5.91 Å². The van der Waals surface area contributed by atoms with Crippen LogP contribution in [0.15, 0.2) is 60.8 Å². The molecule has 0 spiro atoms. The Labute approximate surface area is 231 Å². The van der Waals surface area contributed by atoms with Crippen LogP contribution in [0.2, 0.25) is 0 Å². The fourth-order valence-electron chi connectivity index (χ4n) is 4.41. The minimum absolute atomic E-state index is 0.0390. The van der Waals surface area contributed by atoms with E-state index in [9.17, 15) is 14.4 Å². The molecule has 4 rings (SSSR count). The Morgan fingerprint density at radius 3 is 2.54 bits per heavy atom. The van der Waals surface area contributed by atoms with Gasteiger partial charge in [0.1, 0.15) is 10.9 Å². The summed E-state index contributed by atoms with van der Waals surface area (Å²) in [5.41, 5.74) is 14.1. The maximum absolute atomic E-state index is 14.3. The first-order valence-electron chi connectivity index (χ1n) is 12.8. The lowest BCUT2D eigenvalue weighted by Gasteiger charge is -2.33. The number of anilines is 2. The Kier molecular flexibility index (Phi) is 8.55. The van der Waals surface area contributed by atoms with Crippen molar-refractivity contribution in [3.63, 3.8) is 0 Å². The second-order valence-electron chi connectivity index (χ2n) is 9.63. The molecule has 202 valence electrons. The highest BCUT2D eigenvalue weighted by Crippen LogP contribution is 2.36. The van der Waals surface area contributed by atoms with Gasteiger partial charge in [0.05, 0.1) is 11.2 Å². The third-order valence-electron chi connectivity index (χ3n) is 6.48. The molecule has 3 amide bonds. The number of fused-ring (bicyclic) bond motifs is 1. The average molecular weight is 545 g/mol. The molecular formula is C29H32N6O3S. The molecule has 1 atom stereocenters. The summed E-state index contributed by atoms with van der Waals surface area (Å²) in [4.78, 5) is 46.0. The van der Waals surface area contributed by atoms with E-state index >= 15 is 0 Å². The first-order valence-corrected chi connectivity index (χ1v) is 13.6. The normalized spacial score (nSPS) is 11.9. The Morgan fingerprint density at radius 2 is 1.85 bits per heavy atom.